The van der Waals surface area contributed by atoms with E-state index in [-0.39, 0.29) is 17.4 Å². The number of hydrogen-bond acceptors (Lipinski definition) is 5. The fraction of sp³-hybridized carbons (Fsp3) is 0.385. The first-order valence-electron chi connectivity index (χ1n) is 6.04. The molecule has 1 amide bonds. The second kappa shape index (κ2) is 5.51. The molecule has 1 aromatic carbocycles. The summed E-state index contributed by atoms with van der Waals surface area (Å²) in [7, 11) is -1.66. The molecule has 1 unspecified atom stereocenters. The number of nitriles is 1. The normalized spacial score (nSPS) is 20.1. The molecule has 0 spiro atoms. The molecule has 20 heavy (non-hydrogen) atoms. The van der Waals surface area contributed by atoms with E-state index in [1.807, 2.05) is 6.07 Å². The third-order valence-electron chi connectivity index (χ3n) is 3.19. The summed E-state index contributed by atoms with van der Waals surface area (Å²) >= 11 is 0. The van der Waals surface area contributed by atoms with Gasteiger partial charge in [-0.15, -0.1) is 0 Å². The Bertz CT molecular complexity index is 676. The highest BCUT2D eigenvalue weighted by Crippen LogP contribution is 2.27. The van der Waals surface area contributed by atoms with Gasteiger partial charge in [-0.05, 0) is 18.6 Å². The van der Waals surface area contributed by atoms with Gasteiger partial charge in [0, 0.05) is 6.07 Å². The van der Waals surface area contributed by atoms with Crippen LogP contribution >= 0.6 is 0 Å². The predicted octanol–water partition coefficient (Wildman–Crippen LogP) is 0.940. The van der Waals surface area contributed by atoms with E-state index < -0.39 is 15.8 Å². The van der Waals surface area contributed by atoms with Crippen LogP contribution in [-0.2, 0) is 14.6 Å². The van der Waals surface area contributed by atoms with Gasteiger partial charge in [0.2, 0.25) is 5.91 Å². The van der Waals surface area contributed by atoms with Crippen molar-refractivity contribution in [1.29, 1.82) is 5.26 Å². The quantitative estimate of drug-likeness (QED) is 0.895. The molecule has 1 aromatic rings. The maximum Gasteiger partial charge on any atom is 0.228 e. The lowest BCUT2D eigenvalue weighted by Crippen LogP contribution is -2.24. The van der Waals surface area contributed by atoms with E-state index in [1.54, 1.807) is 12.1 Å². The molecule has 1 atom stereocenters. The zero-order chi connectivity index (χ0) is 14.8. The number of anilines is 1. The van der Waals surface area contributed by atoms with Crippen LogP contribution in [0, 0.1) is 17.2 Å². The van der Waals surface area contributed by atoms with Crippen molar-refractivity contribution in [3.05, 3.63) is 23.8 Å². The van der Waals surface area contributed by atoms with E-state index in [0.29, 0.717) is 23.4 Å². The Balaban J connectivity index is 2.14. The zero-order valence-electron chi connectivity index (χ0n) is 10.9. The van der Waals surface area contributed by atoms with Gasteiger partial charge >= 0.3 is 0 Å². The monoisotopic (exact) mass is 294 g/mol. The molecule has 0 saturated carbocycles. The average Bonchev–Trinajstić information content (AvgIpc) is 2.79. The molecule has 1 fully saturated rings. The standard InChI is InChI=1S/C13H14N2O4S/c1-19-12-6-9(7-14)2-3-11(12)15-13(16)10-4-5-20(17,18)8-10/h2-3,6,10H,4-5,8H2,1H3,(H,15,16). The average molecular weight is 294 g/mol. The van der Waals surface area contributed by atoms with Gasteiger partial charge < -0.3 is 10.1 Å². The van der Waals surface area contributed by atoms with Crippen LogP contribution in [0.15, 0.2) is 18.2 Å². The number of benzene rings is 1. The molecule has 0 aromatic heterocycles. The van der Waals surface area contributed by atoms with Gasteiger partial charge in [0.15, 0.2) is 9.84 Å². The van der Waals surface area contributed by atoms with E-state index >= 15 is 0 Å². The number of methoxy groups -OCH3 is 1. The van der Waals surface area contributed by atoms with E-state index in [0.717, 1.165) is 0 Å². The van der Waals surface area contributed by atoms with Crippen molar-refractivity contribution in [1.82, 2.24) is 0 Å². The number of carbonyl (C=O) groups is 1. The van der Waals surface area contributed by atoms with Crippen molar-refractivity contribution >= 4 is 21.4 Å². The first kappa shape index (κ1) is 14.3. The molecule has 7 heteroatoms. The van der Waals surface area contributed by atoms with Gasteiger partial charge in [-0.1, -0.05) is 0 Å². The van der Waals surface area contributed by atoms with Crippen molar-refractivity contribution in [2.75, 3.05) is 23.9 Å². The van der Waals surface area contributed by atoms with Crippen LogP contribution in [0.1, 0.15) is 12.0 Å². The summed E-state index contributed by atoms with van der Waals surface area (Å²) in [6.07, 6.45) is 0.340. The number of sulfone groups is 1. The fourth-order valence-electron chi connectivity index (χ4n) is 2.10. The molecular formula is C13H14N2O4S. The Morgan fingerprint density at radius 1 is 1.50 bits per heavy atom. The summed E-state index contributed by atoms with van der Waals surface area (Å²) in [4.78, 5) is 12.0. The largest absolute Gasteiger partial charge is 0.495 e. The molecule has 6 nitrogen and oxygen atoms in total. The first-order valence-corrected chi connectivity index (χ1v) is 7.87. The van der Waals surface area contributed by atoms with Crippen LogP contribution in [0.25, 0.3) is 0 Å². The maximum atomic E-state index is 12.0. The van der Waals surface area contributed by atoms with Gasteiger partial charge in [0.05, 0.1) is 41.9 Å². The van der Waals surface area contributed by atoms with Gasteiger partial charge in [-0.3, -0.25) is 4.79 Å². The second-order valence-corrected chi connectivity index (χ2v) is 6.84. The minimum atomic E-state index is -3.09. The number of rotatable bonds is 3. The van der Waals surface area contributed by atoms with E-state index in [2.05, 4.69) is 5.32 Å². The lowest BCUT2D eigenvalue weighted by molar-refractivity contribution is -0.119. The SMILES string of the molecule is COc1cc(C#N)ccc1NC(=O)C1CCS(=O)(=O)C1. The van der Waals surface area contributed by atoms with Crippen LogP contribution in [-0.4, -0.2) is 32.9 Å². The number of carbonyl (C=O) groups excluding carboxylic acids is 1. The number of nitrogens with one attached hydrogen (secondary N) is 1. The molecule has 0 bridgehead atoms. The fourth-order valence-corrected chi connectivity index (χ4v) is 3.84. The molecule has 0 radical (unpaired) electrons. The Kier molecular flexibility index (Phi) is 3.95. The molecule has 0 aliphatic carbocycles. The predicted molar refractivity (Wildman–Crippen MR) is 73.1 cm³/mol. The van der Waals surface area contributed by atoms with Crippen molar-refractivity contribution < 1.29 is 17.9 Å². The highest BCUT2D eigenvalue weighted by atomic mass is 32.2. The first-order chi connectivity index (χ1) is 9.45. The molecule has 1 N–H and O–H groups in total. The number of ether oxygens (including phenoxy) is 1. The summed E-state index contributed by atoms with van der Waals surface area (Å²) in [5, 5.41) is 11.5. The minimum Gasteiger partial charge on any atom is -0.495 e. The van der Waals surface area contributed by atoms with E-state index in [4.69, 9.17) is 10.00 Å². The highest BCUT2D eigenvalue weighted by Gasteiger charge is 2.33. The summed E-state index contributed by atoms with van der Waals surface area (Å²) < 4.78 is 27.8. The Morgan fingerprint density at radius 3 is 2.80 bits per heavy atom. The van der Waals surface area contributed by atoms with Gasteiger partial charge in [0.25, 0.3) is 0 Å². The Morgan fingerprint density at radius 2 is 2.25 bits per heavy atom. The van der Waals surface area contributed by atoms with Crippen LogP contribution in [0.4, 0.5) is 5.69 Å². The lowest BCUT2D eigenvalue weighted by Gasteiger charge is -2.12. The van der Waals surface area contributed by atoms with Crippen molar-refractivity contribution in [2.24, 2.45) is 5.92 Å². The molecule has 1 aliphatic rings. The van der Waals surface area contributed by atoms with E-state index in [9.17, 15) is 13.2 Å². The maximum absolute atomic E-state index is 12.0. The number of nitrogens with zero attached hydrogens (tertiary/aromatic N) is 1. The number of amides is 1. The smallest absolute Gasteiger partial charge is 0.228 e. The highest BCUT2D eigenvalue weighted by molar-refractivity contribution is 7.91. The van der Waals surface area contributed by atoms with Crippen molar-refractivity contribution in [3.8, 4) is 11.8 Å². The molecule has 2 rings (SSSR count). The van der Waals surface area contributed by atoms with Crippen molar-refractivity contribution in [3.63, 3.8) is 0 Å². The molecular weight excluding hydrogens is 280 g/mol. The summed E-state index contributed by atoms with van der Waals surface area (Å²) in [6.45, 7) is 0. The minimum absolute atomic E-state index is 0.0512. The third-order valence-corrected chi connectivity index (χ3v) is 4.96. The summed E-state index contributed by atoms with van der Waals surface area (Å²) in [6, 6.07) is 6.62. The van der Waals surface area contributed by atoms with Crippen LogP contribution in [0.2, 0.25) is 0 Å². The molecule has 1 saturated heterocycles. The van der Waals surface area contributed by atoms with Crippen LogP contribution < -0.4 is 10.1 Å². The summed E-state index contributed by atoms with van der Waals surface area (Å²) in [5.41, 5.74) is 0.851. The van der Waals surface area contributed by atoms with Gasteiger partial charge in [0.1, 0.15) is 5.75 Å². The van der Waals surface area contributed by atoms with E-state index in [1.165, 1.54) is 13.2 Å². The Hall–Kier alpha value is -2.07. The summed E-state index contributed by atoms with van der Waals surface area (Å²) in [5.74, 6) is -0.555. The number of hydrogen-bond donors (Lipinski definition) is 1. The van der Waals surface area contributed by atoms with Crippen LogP contribution in [0.3, 0.4) is 0 Å². The molecule has 106 valence electrons. The van der Waals surface area contributed by atoms with Crippen molar-refractivity contribution in [2.45, 2.75) is 6.42 Å². The molecule has 1 aliphatic heterocycles. The van der Waals surface area contributed by atoms with Gasteiger partial charge in [-0.2, -0.15) is 5.26 Å². The molecule has 1 heterocycles. The topological polar surface area (TPSA) is 96.3 Å². The lowest BCUT2D eigenvalue weighted by atomic mass is 10.1. The second-order valence-electron chi connectivity index (χ2n) is 4.62. The Labute approximate surface area is 117 Å². The van der Waals surface area contributed by atoms with Crippen LogP contribution in [0.5, 0.6) is 5.75 Å². The van der Waals surface area contributed by atoms with Gasteiger partial charge in [-0.25, -0.2) is 8.42 Å². The zero-order valence-corrected chi connectivity index (χ0v) is 11.7. The third kappa shape index (κ3) is 3.08.